The van der Waals surface area contributed by atoms with E-state index in [0.717, 1.165) is 5.56 Å². The summed E-state index contributed by atoms with van der Waals surface area (Å²) in [6, 6.07) is 6.70. The third-order valence-corrected chi connectivity index (χ3v) is 2.64. The van der Waals surface area contributed by atoms with Gasteiger partial charge in [0.15, 0.2) is 0 Å². The summed E-state index contributed by atoms with van der Waals surface area (Å²) < 4.78 is 0. The second-order valence-electron chi connectivity index (χ2n) is 4.52. The molecule has 4 amide bonds. The molecule has 8 heteroatoms. The second-order valence-corrected chi connectivity index (χ2v) is 4.52. The molecular formula is C13H19N5O3. The molecule has 0 aliphatic heterocycles. The summed E-state index contributed by atoms with van der Waals surface area (Å²) >= 11 is 0. The van der Waals surface area contributed by atoms with Crippen LogP contribution in [0.5, 0.6) is 0 Å². The molecule has 1 rings (SSSR count). The molecule has 8 nitrogen and oxygen atoms in total. The van der Waals surface area contributed by atoms with E-state index >= 15 is 0 Å². The van der Waals surface area contributed by atoms with E-state index in [1.165, 1.54) is 6.92 Å². The van der Waals surface area contributed by atoms with E-state index in [0.29, 0.717) is 0 Å². The van der Waals surface area contributed by atoms with Gasteiger partial charge in [-0.15, -0.1) is 0 Å². The van der Waals surface area contributed by atoms with Crippen molar-refractivity contribution in [2.75, 3.05) is 0 Å². The maximum atomic E-state index is 11.6. The van der Waals surface area contributed by atoms with Crippen LogP contribution in [0.15, 0.2) is 30.3 Å². The number of carbonyl (C=O) groups is 3. The third kappa shape index (κ3) is 5.91. The van der Waals surface area contributed by atoms with Crippen molar-refractivity contribution in [3.05, 3.63) is 35.9 Å². The normalized spacial score (nSPS) is 12.9. The number of hydrazine groups is 1. The fourth-order valence-electron chi connectivity index (χ4n) is 1.50. The molecule has 0 aromatic heterocycles. The highest BCUT2D eigenvalue weighted by Gasteiger charge is 2.19. The molecule has 0 aliphatic rings. The number of nitrogens with one attached hydrogen (secondary N) is 3. The van der Waals surface area contributed by atoms with Crippen molar-refractivity contribution in [1.29, 1.82) is 0 Å². The van der Waals surface area contributed by atoms with E-state index in [9.17, 15) is 14.4 Å². The van der Waals surface area contributed by atoms with Crippen molar-refractivity contribution in [2.45, 2.75) is 25.4 Å². The number of urea groups is 1. The summed E-state index contributed by atoms with van der Waals surface area (Å²) in [5.41, 5.74) is 15.6. The number of benzene rings is 1. The van der Waals surface area contributed by atoms with E-state index in [1.54, 1.807) is 0 Å². The van der Waals surface area contributed by atoms with Gasteiger partial charge in [-0.2, -0.15) is 0 Å². The zero-order chi connectivity index (χ0) is 15.8. The number of amides is 4. The van der Waals surface area contributed by atoms with Crippen molar-refractivity contribution in [2.24, 2.45) is 11.5 Å². The van der Waals surface area contributed by atoms with E-state index in [-0.39, 0.29) is 6.42 Å². The molecule has 1 aromatic carbocycles. The topological polar surface area (TPSA) is 139 Å². The lowest BCUT2D eigenvalue weighted by molar-refractivity contribution is -0.122. The average Bonchev–Trinajstić information content (AvgIpc) is 2.44. The van der Waals surface area contributed by atoms with Crippen molar-refractivity contribution in [3.63, 3.8) is 0 Å². The van der Waals surface area contributed by atoms with Gasteiger partial charge in [0.1, 0.15) is 6.04 Å². The molecule has 2 atom stereocenters. The van der Waals surface area contributed by atoms with Gasteiger partial charge < -0.3 is 16.8 Å². The predicted molar refractivity (Wildman–Crippen MR) is 76.6 cm³/mol. The summed E-state index contributed by atoms with van der Waals surface area (Å²) in [5, 5.41) is 2.38. The Morgan fingerprint density at radius 1 is 1.14 bits per heavy atom. The fourth-order valence-corrected chi connectivity index (χ4v) is 1.50. The van der Waals surface area contributed by atoms with Crippen LogP contribution in [0, 0.1) is 0 Å². The minimum absolute atomic E-state index is 0.255. The lowest BCUT2D eigenvalue weighted by Gasteiger charge is -2.16. The van der Waals surface area contributed by atoms with Crippen LogP contribution in [0.25, 0.3) is 0 Å². The van der Waals surface area contributed by atoms with Gasteiger partial charge in [-0.25, -0.2) is 10.2 Å². The Morgan fingerprint density at radius 3 is 2.29 bits per heavy atom. The lowest BCUT2D eigenvalue weighted by atomic mass is 10.1. The quantitative estimate of drug-likeness (QED) is 0.433. The smallest absolute Gasteiger partial charge is 0.334 e. The molecule has 0 bridgehead atoms. The molecule has 0 unspecified atom stereocenters. The van der Waals surface area contributed by atoms with Crippen LogP contribution in [0.4, 0.5) is 4.79 Å². The maximum Gasteiger partial charge on any atom is 0.334 e. The van der Waals surface area contributed by atoms with Crippen LogP contribution in [-0.2, 0) is 16.0 Å². The molecule has 114 valence electrons. The Bertz CT molecular complexity index is 504. The van der Waals surface area contributed by atoms with Gasteiger partial charge in [-0.05, 0) is 12.5 Å². The van der Waals surface area contributed by atoms with E-state index in [1.807, 2.05) is 30.3 Å². The van der Waals surface area contributed by atoms with E-state index in [4.69, 9.17) is 11.5 Å². The second kappa shape index (κ2) is 7.85. The third-order valence-electron chi connectivity index (χ3n) is 2.64. The molecule has 0 heterocycles. The molecule has 0 spiro atoms. The van der Waals surface area contributed by atoms with Gasteiger partial charge in [0, 0.05) is 6.42 Å². The average molecular weight is 293 g/mol. The zero-order valence-electron chi connectivity index (χ0n) is 11.6. The number of hydrogen-bond donors (Lipinski definition) is 5. The molecular weight excluding hydrogens is 274 g/mol. The molecule has 0 radical (unpaired) electrons. The van der Waals surface area contributed by atoms with Crippen LogP contribution in [0.3, 0.4) is 0 Å². The Balaban J connectivity index is 2.53. The highest BCUT2D eigenvalue weighted by Crippen LogP contribution is 2.02. The van der Waals surface area contributed by atoms with Gasteiger partial charge in [-0.3, -0.25) is 15.0 Å². The highest BCUT2D eigenvalue weighted by molar-refractivity contribution is 5.88. The maximum absolute atomic E-state index is 11.6. The monoisotopic (exact) mass is 293 g/mol. The molecule has 0 saturated carbocycles. The van der Waals surface area contributed by atoms with Crippen molar-refractivity contribution in [3.8, 4) is 0 Å². The minimum Gasteiger partial charge on any atom is -0.368 e. The van der Waals surface area contributed by atoms with Gasteiger partial charge in [0.05, 0.1) is 6.04 Å². The Labute approximate surface area is 122 Å². The number of hydrogen-bond acceptors (Lipinski definition) is 4. The Kier molecular flexibility index (Phi) is 6.15. The first-order chi connectivity index (χ1) is 9.90. The first-order valence-electron chi connectivity index (χ1n) is 6.35. The number of rotatable bonds is 5. The van der Waals surface area contributed by atoms with Crippen LogP contribution in [0.2, 0.25) is 0 Å². The van der Waals surface area contributed by atoms with Gasteiger partial charge >= 0.3 is 6.03 Å². The van der Waals surface area contributed by atoms with Crippen LogP contribution in [0.1, 0.15) is 12.5 Å². The highest BCUT2D eigenvalue weighted by atomic mass is 16.2. The molecule has 21 heavy (non-hydrogen) atoms. The molecule has 0 saturated heterocycles. The van der Waals surface area contributed by atoms with Crippen molar-refractivity contribution < 1.29 is 14.4 Å². The summed E-state index contributed by atoms with van der Waals surface area (Å²) in [6.07, 6.45) is 0.255. The summed E-state index contributed by atoms with van der Waals surface area (Å²) in [4.78, 5) is 34.1. The van der Waals surface area contributed by atoms with Gasteiger partial charge in [-0.1, -0.05) is 30.3 Å². The number of carbonyl (C=O) groups excluding carboxylic acids is 3. The van der Waals surface area contributed by atoms with E-state index < -0.39 is 29.9 Å². The predicted octanol–water partition coefficient (Wildman–Crippen LogP) is -1.24. The molecule has 0 fully saturated rings. The first kappa shape index (κ1) is 16.4. The minimum atomic E-state index is -0.889. The standard InChI is InChI=1S/C13H19N5O3/c1-8(14)12(20)17-18-13(21)16-10(11(15)19)7-9-5-3-2-4-6-9/h2-6,8,10H,7,14H2,1H3,(H2,15,19)(H,17,20)(H2,16,18,21)/t8-,10+/m1/s1. The first-order valence-corrected chi connectivity index (χ1v) is 6.35. The molecule has 7 N–H and O–H groups in total. The number of nitrogens with two attached hydrogens (primary N) is 2. The van der Waals surface area contributed by atoms with E-state index in [2.05, 4.69) is 16.2 Å². The Morgan fingerprint density at radius 2 is 1.76 bits per heavy atom. The summed E-state index contributed by atoms with van der Waals surface area (Å²) in [7, 11) is 0. The molecule has 1 aromatic rings. The lowest BCUT2D eigenvalue weighted by Crippen LogP contribution is -2.55. The van der Waals surface area contributed by atoms with Crippen molar-refractivity contribution >= 4 is 17.8 Å². The van der Waals surface area contributed by atoms with Crippen molar-refractivity contribution in [1.82, 2.24) is 16.2 Å². The van der Waals surface area contributed by atoms with Crippen LogP contribution in [-0.4, -0.2) is 29.9 Å². The summed E-state index contributed by atoms with van der Waals surface area (Å²) in [5.74, 6) is -1.23. The zero-order valence-corrected chi connectivity index (χ0v) is 11.6. The fraction of sp³-hybridized carbons (Fsp3) is 0.308. The number of primary amides is 1. The van der Waals surface area contributed by atoms with Gasteiger partial charge in [0.25, 0.3) is 5.91 Å². The SMILES string of the molecule is C[C@@H](N)C(=O)NNC(=O)N[C@@H](Cc1ccccc1)C(N)=O. The Hall–Kier alpha value is -2.61. The van der Waals surface area contributed by atoms with Crippen LogP contribution < -0.4 is 27.6 Å². The van der Waals surface area contributed by atoms with Gasteiger partial charge in [0.2, 0.25) is 5.91 Å². The largest absolute Gasteiger partial charge is 0.368 e. The summed E-state index contributed by atoms with van der Waals surface area (Å²) in [6.45, 7) is 1.47. The van der Waals surface area contributed by atoms with Crippen LogP contribution >= 0.6 is 0 Å². The molecule has 0 aliphatic carbocycles.